The molecule has 3 fully saturated rings. The molecule has 0 aliphatic heterocycles. The monoisotopic (exact) mass is 454 g/mol. The van der Waals surface area contributed by atoms with Crippen LogP contribution in [0.4, 0.5) is 4.39 Å². The number of carbonyl (C=O) groups excluding carboxylic acids is 1. The van der Waals surface area contributed by atoms with Gasteiger partial charge in [-0.25, -0.2) is 9.37 Å². The Labute approximate surface area is 193 Å². The minimum Gasteiger partial charge on any atom is -0.489 e. The van der Waals surface area contributed by atoms with Gasteiger partial charge in [-0.1, -0.05) is 12.1 Å². The van der Waals surface area contributed by atoms with E-state index in [4.69, 9.17) is 15.2 Å². The molecule has 1 amide bonds. The fourth-order valence-electron chi connectivity index (χ4n) is 5.07. The number of hydrogen-bond acceptors (Lipinski definition) is 6. The standard InChI is InChI=1S/C25H31FN4O3/c1-32-22-16-28-20(14-29-22)15-30-23(31)25-9-6-24(7-10-25,8-11-25)19-2-4-21(5-3-19)33-17-18(12-26)13-27/h2-5,12,14,16H,6-11,13,15,17,27H2,1H3,(H,30,31)/b18-12+. The number of nitrogens with zero attached hydrogens (tertiary/aromatic N) is 2. The first-order valence-corrected chi connectivity index (χ1v) is 11.4. The highest BCUT2D eigenvalue weighted by Gasteiger charge is 2.52. The van der Waals surface area contributed by atoms with Crippen LogP contribution in [-0.4, -0.2) is 36.1 Å². The Morgan fingerprint density at radius 3 is 2.36 bits per heavy atom. The summed E-state index contributed by atoms with van der Waals surface area (Å²) in [5.74, 6) is 1.27. The number of nitrogens with one attached hydrogen (secondary N) is 1. The Morgan fingerprint density at radius 1 is 1.12 bits per heavy atom. The third kappa shape index (κ3) is 4.85. The first-order chi connectivity index (χ1) is 16.0. The maximum atomic E-state index is 13.1. The van der Waals surface area contributed by atoms with Crippen molar-refractivity contribution in [2.24, 2.45) is 11.1 Å². The van der Waals surface area contributed by atoms with Crippen molar-refractivity contribution in [1.82, 2.24) is 15.3 Å². The number of amides is 1. The second-order valence-corrected chi connectivity index (χ2v) is 9.08. The summed E-state index contributed by atoms with van der Waals surface area (Å²) in [7, 11) is 1.55. The van der Waals surface area contributed by atoms with Crippen LogP contribution in [0.2, 0.25) is 0 Å². The average molecular weight is 455 g/mol. The molecule has 0 spiro atoms. The zero-order valence-corrected chi connectivity index (χ0v) is 19.0. The molecule has 176 valence electrons. The molecule has 2 aromatic rings. The number of ether oxygens (including phenoxy) is 2. The van der Waals surface area contributed by atoms with Gasteiger partial charge in [0.25, 0.3) is 0 Å². The van der Waals surface area contributed by atoms with Crippen molar-refractivity contribution in [3.05, 3.63) is 59.8 Å². The van der Waals surface area contributed by atoms with E-state index in [1.807, 2.05) is 12.1 Å². The molecule has 2 bridgehead atoms. The van der Waals surface area contributed by atoms with Crippen LogP contribution in [0.25, 0.3) is 0 Å². The predicted molar refractivity (Wildman–Crippen MR) is 122 cm³/mol. The Morgan fingerprint density at radius 2 is 1.82 bits per heavy atom. The molecule has 3 aliphatic carbocycles. The van der Waals surface area contributed by atoms with Crippen LogP contribution in [-0.2, 0) is 16.8 Å². The minimum atomic E-state index is -0.290. The maximum Gasteiger partial charge on any atom is 0.231 e. The van der Waals surface area contributed by atoms with Gasteiger partial charge in [0.1, 0.15) is 12.4 Å². The zero-order chi connectivity index (χ0) is 23.3. The summed E-state index contributed by atoms with van der Waals surface area (Å²) < 4.78 is 23.3. The van der Waals surface area contributed by atoms with Gasteiger partial charge in [0, 0.05) is 17.5 Å². The molecule has 0 saturated heterocycles. The van der Waals surface area contributed by atoms with Gasteiger partial charge >= 0.3 is 0 Å². The van der Waals surface area contributed by atoms with Gasteiger partial charge in [0.2, 0.25) is 11.8 Å². The lowest BCUT2D eigenvalue weighted by atomic mass is 9.51. The third-order valence-corrected chi connectivity index (χ3v) is 7.36. The summed E-state index contributed by atoms with van der Waals surface area (Å²) in [5.41, 5.74) is 7.72. The van der Waals surface area contributed by atoms with Crippen LogP contribution in [0, 0.1) is 5.41 Å². The van der Waals surface area contributed by atoms with E-state index in [2.05, 4.69) is 27.4 Å². The van der Waals surface area contributed by atoms with Crippen LogP contribution in [0.5, 0.6) is 11.6 Å². The Balaban J connectivity index is 1.33. The highest BCUT2D eigenvalue weighted by molar-refractivity contribution is 5.83. The molecule has 1 aromatic heterocycles. The third-order valence-electron chi connectivity index (χ3n) is 7.36. The fourth-order valence-corrected chi connectivity index (χ4v) is 5.07. The number of nitrogens with two attached hydrogens (primary N) is 1. The molecule has 7 nitrogen and oxygen atoms in total. The molecule has 5 rings (SSSR count). The van der Waals surface area contributed by atoms with E-state index in [0.29, 0.717) is 35.8 Å². The van der Waals surface area contributed by atoms with Crippen molar-refractivity contribution in [2.45, 2.75) is 50.5 Å². The van der Waals surface area contributed by atoms with Crippen LogP contribution in [0.1, 0.15) is 49.8 Å². The zero-order valence-electron chi connectivity index (χ0n) is 19.0. The van der Waals surface area contributed by atoms with Crippen molar-refractivity contribution in [3.8, 4) is 11.6 Å². The lowest BCUT2D eigenvalue weighted by Gasteiger charge is -2.52. The SMILES string of the molecule is COc1cnc(CNC(=O)C23CCC(c4ccc(OC/C(=C/F)CN)cc4)(CC2)CC3)cn1. The number of aromatic nitrogens is 2. The Bertz CT molecular complexity index is 967. The molecule has 1 heterocycles. The number of hydrogen-bond donors (Lipinski definition) is 2. The molecule has 0 unspecified atom stereocenters. The quantitative estimate of drug-likeness (QED) is 0.601. The summed E-state index contributed by atoms with van der Waals surface area (Å²) in [6.07, 6.45) is 9.30. The summed E-state index contributed by atoms with van der Waals surface area (Å²) in [4.78, 5) is 21.5. The number of benzene rings is 1. The molecule has 8 heteroatoms. The van der Waals surface area contributed by atoms with Crippen LogP contribution in [0.3, 0.4) is 0 Å². The van der Waals surface area contributed by atoms with Crippen LogP contribution in [0.15, 0.2) is 48.6 Å². The summed E-state index contributed by atoms with van der Waals surface area (Å²) in [5, 5.41) is 3.08. The topological polar surface area (TPSA) is 99.4 Å². The van der Waals surface area contributed by atoms with Gasteiger partial charge in [-0.3, -0.25) is 9.78 Å². The second kappa shape index (κ2) is 9.87. The van der Waals surface area contributed by atoms with Crippen LogP contribution >= 0.6 is 0 Å². The fraction of sp³-hybridized carbons (Fsp3) is 0.480. The molecule has 0 radical (unpaired) electrons. The molecule has 3 aliphatic rings. The first-order valence-electron chi connectivity index (χ1n) is 11.4. The van der Waals surface area contributed by atoms with E-state index in [9.17, 15) is 9.18 Å². The Hall–Kier alpha value is -3.00. The van der Waals surface area contributed by atoms with Gasteiger partial charge < -0.3 is 20.5 Å². The molecule has 3 N–H and O–H groups in total. The van der Waals surface area contributed by atoms with Crippen molar-refractivity contribution in [3.63, 3.8) is 0 Å². The summed E-state index contributed by atoms with van der Waals surface area (Å²) in [6.45, 7) is 0.658. The number of halogens is 1. The number of rotatable bonds is 9. The first kappa shape index (κ1) is 23.2. The van der Waals surface area contributed by atoms with Gasteiger partial charge in [-0.05, 0) is 61.6 Å². The number of fused-ring (bicyclic) bond motifs is 3. The molecular weight excluding hydrogens is 423 g/mol. The number of methoxy groups -OCH3 is 1. The van der Waals surface area contributed by atoms with Crippen molar-refractivity contribution in [2.75, 3.05) is 20.3 Å². The Kier molecular flexibility index (Phi) is 6.93. The molecule has 0 atom stereocenters. The van der Waals surface area contributed by atoms with Crippen molar-refractivity contribution >= 4 is 5.91 Å². The second-order valence-electron chi connectivity index (χ2n) is 9.08. The molecule has 33 heavy (non-hydrogen) atoms. The normalized spacial score (nSPS) is 24.4. The van der Waals surface area contributed by atoms with E-state index in [-0.39, 0.29) is 29.9 Å². The lowest BCUT2D eigenvalue weighted by molar-refractivity contribution is -0.138. The van der Waals surface area contributed by atoms with E-state index < -0.39 is 0 Å². The van der Waals surface area contributed by atoms with Gasteiger partial charge in [0.15, 0.2) is 0 Å². The van der Waals surface area contributed by atoms with Crippen molar-refractivity contribution < 1.29 is 18.7 Å². The van der Waals surface area contributed by atoms with Crippen LogP contribution < -0.4 is 20.5 Å². The smallest absolute Gasteiger partial charge is 0.231 e. The minimum absolute atomic E-state index is 0.114. The summed E-state index contributed by atoms with van der Waals surface area (Å²) in [6, 6.07) is 8.10. The molecular formula is C25H31FN4O3. The molecule has 1 aromatic carbocycles. The highest BCUT2D eigenvalue weighted by Crippen LogP contribution is 2.57. The van der Waals surface area contributed by atoms with E-state index >= 15 is 0 Å². The maximum absolute atomic E-state index is 13.1. The highest BCUT2D eigenvalue weighted by atomic mass is 19.1. The number of carbonyl (C=O) groups is 1. The van der Waals surface area contributed by atoms with E-state index in [0.717, 1.165) is 38.5 Å². The van der Waals surface area contributed by atoms with E-state index in [1.165, 1.54) is 5.56 Å². The lowest BCUT2D eigenvalue weighted by Crippen LogP contribution is -2.51. The van der Waals surface area contributed by atoms with Gasteiger partial charge in [-0.2, -0.15) is 0 Å². The van der Waals surface area contributed by atoms with Gasteiger partial charge in [-0.15, -0.1) is 0 Å². The predicted octanol–water partition coefficient (Wildman–Crippen LogP) is 3.58. The van der Waals surface area contributed by atoms with Crippen molar-refractivity contribution in [1.29, 1.82) is 0 Å². The average Bonchev–Trinajstić information content (AvgIpc) is 2.89. The van der Waals surface area contributed by atoms with E-state index in [1.54, 1.807) is 19.5 Å². The van der Waals surface area contributed by atoms with Gasteiger partial charge in [0.05, 0.1) is 38.1 Å². The molecule has 3 saturated carbocycles. The summed E-state index contributed by atoms with van der Waals surface area (Å²) >= 11 is 0. The largest absolute Gasteiger partial charge is 0.489 e.